The average Bonchev–Trinajstić information content (AvgIpc) is 2.51. The van der Waals surface area contributed by atoms with Crippen LogP contribution in [0.5, 0.6) is 0 Å². The van der Waals surface area contributed by atoms with Gasteiger partial charge in [-0.05, 0) is 55.0 Å². The van der Waals surface area contributed by atoms with E-state index in [0.717, 1.165) is 20.2 Å². The van der Waals surface area contributed by atoms with Gasteiger partial charge in [-0.3, -0.25) is 9.59 Å². The van der Waals surface area contributed by atoms with Crippen LogP contribution in [0.15, 0.2) is 51.4 Å². The maximum Gasteiger partial charge on any atom is 0.251 e. The molecule has 0 unspecified atom stereocenters. The van der Waals surface area contributed by atoms with E-state index in [4.69, 9.17) is 0 Å². The Morgan fingerprint density at radius 2 is 1.74 bits per heavy atom. The molecule has 2 aromatic rings. The zero-order chi connectivity index (χ0) is 16.8. The number of carbonyl (C=O) groups is 2. The molecule has 2 rings (SSSR count). The Kier molecular flexibility index (Phi) is 6.36. The van der Waals surface area contributed by atoms with Crippen LogP contribution in [0.1, 0.15) is 22.3 Å². The van der Waals surface area contributed by atoms with Gasteiger partial charge in [0.2, 0.25) is 5.91 Å². The Hall–Kier alpha value is -1.66. The van der Waals surface area contributed by atoms with Crippen LogP contribution in [0, 0.1) is 6.92 Å². The lowest BCUT2D eigenvalue weighted by Crippen LogP contribution is -2.27. The molecule has 0 spiro atoms. The van der Waals surface area contributed by atoms with Gasteiger partial charge in [0.05, 0.1) is 0 Å². The van der Waals surface area contributed by atoms with Gasteiger partial charge >= 0.3 is 0 Å². The molecule has 2 N–H and O–H groups in total. The minimum atomic E-state index is -0.190. The van der Waals surface area contributed by atoms with Gasteiger partial charge in [0.25, 0.3) is 5.91 Å². The Balaban J connectivity index is 1.79. The predicted octanol–water partition coefficient (Wildman–Crippen LogP) is 4.28. The second-order valence-electron chi connectivity index (χ2n) is 5.02. The van der Waals surface area contributed by atoms with E-state index in [9.17, 15) is 9.59 Å². The molecule has 0 heterocycles. The third kappa shape index (κ3) is 5.48. The van der Waals surface area contributed by atoms with Crippen LogP contribution >= 0.6 is 31.9 Å². The summed E-state index contributed by atoms with van der Waals surface area (Å²) in [5.41, 5.74) is 2.36. The number of nitrogens with one attached hydrogen (secondary N) is 2. The van der Waals surface area contributed by atoms with E-state index in [1.54, 1.807) is 24.3 Å². The van der Waals surface area contributed by atoms with Crippen LogP contribution in [-0.4, -0.2) is 18.4 Å². The number of aryl methyl sites for hydroxylation is 1. The zero-order valence-electron chi connectivity index (χ0n) is 12.5. The molecule has 120 valence electrons. The highest BCUT2D eigenvalue weighted by atomic mass is 79.9. The predicted molar refractivity (Wildman–Crippen MR) is 98.6 cm³/mol. The Labute approximate surface area is 151 Å². The fourth-order valence-corrected chi connectivity index (χ4v) is 2.45. The van der Waals surface area contributed by atoms with Crippen molar-refractivity contribution in [3.63, 3.8) is 0 Å². The molecule has 0 saturated heterocycles. The third-order valence-corrected chi connectivity index (χ3v) is 4.60. The second-order valence-corrected chi connectivity index (χ2v) is 6.79. The summed E-state index contributed by atoms with van der Waals surface area (Å²) in [7, 11) is 0. The lowest BCUT2D eigenvalue weighted by atomic mass is 10.2. The Morgan fingerprint density at radius 3 is 2.39 bits per heavy atom. The Morgan fingerprint density at radius 1 is 1.04 bits per heavy atom. The number of hydrogen-bond acceptors (Lipinski definition) is 2. The second kappa shape index (κ2) is 8.26. The fraction of sp³-hybridized carbons (Fsp3) is 0.176. The van der Waals surface area contributed by atoms with Gasteiger partial charge in [0.15, 0.2) is 0 Å². The Bertz CT molecular complexity index is 715. The van der Waals surface area contributed by atoms with Crippen molar-refractivity contribution in [2.75, 3.05) is 11.9 Å². The van der Waals surface area contributed by atoms with Crippen LogP contribution in [-0.2, 0) is 4.79 Å². The van der Waals surface area contributed by atoms with Crippen LogP contribution in [0.2, 0.25) is 0 Å². The van der Waals surface area contributed by atoms with Crippen LogP contribution in [0.4, 0.5) is 5.69 Å². The van der Waals surface area contributed by atoms with Crippen LogP contribution < -0.4 is 10.6 Å². The number of halogens is 2. The highest BCUT2D eigenvalue weighted by molar-refractivity contribution is 9.10. The fourth-order valence-electron chi connectivity index (χ4n) is 1.94. The SMILES string of the molecule is Cc1cc(NC(=O)CCNC(=O)c2ccc(Br)cc2)ccc1Br. The minimum absolute atomic E-state index is 0.136. The van der Waals surface area contributed by atoms with Crippen molar-refractivity contribution in [1.29, 1.82) is 0 Å². The van der Waals surface area contributed by atoms with E-state index in [1.807, 2.05) is 25.1 Å². The van der Waals surface area contributed by atoms with E-state index in [0.29, 0.717) is 5.56 Å². The van der Waals surface area contributed by atoms with Crippen molar-refractivity contribution >= 4 is 49.4 Å². The van der Waals surface area contributed by atoms with E-state index < -0.39 is 0 Å². The summed E-state index contributed by atoms with van der Waals surface area (Å²) in [5, 5.41) is 5.55. The standard InChI is InChI=1S/C17H16Br2N2O2/c1-11-10-14(6-7-15(11)19)21-16(22)8-9-20-17(23)12-2-4-13(18)5-3-12/h2-7,10H,8-9H2,1H3,(H,20,23)(H,21,22). The molecule has 6 heteroatoms. The number of amides is 2. The van der Waals surface area contributed by atoms with E-state index in [1.165, 1.54) is 0 Å². The summed E-state index contributed by atoms with van der Waals surface area (Å²) < 4.78 is 1.91. The van der Waals surface area contributed by atoms with Crippen molar-refractivity contribution in [3.8, 4) is 0 Å². The molecule has 2 aromatic carbocycles. The van der Waals surface area contributed by atoms with Crippen molar-refractivity contribution in [2.45, 2.75) is 13.3 Å². The van der Waals surface area contributed by atoms with E-state index in [2.05, 4.69) is 42.5 Å². The first-order valence-corrected chi connectivity index (χ1v) is 8.64. The van der Waals surface area contributed by atoms with E-state index in [-0.39, 0.29) is 24.8 Å². The molecule has 23 heavy (non-hydrogen) atoms. The van der Waals surface area contributed by atoms with Crippen molar-refractivity contribution in [1.82, 2.24) is 5.32 Å². The van der Waals surface area contributed by atoms with Crippen molar-refractivity contribution in [2.24, 2.45) is 0 Å². The summed E-state index contributed by atoms with van der Waals surface area (Å²) in [6.07, 6.45) is 0.220. The largest absolute Gasteiger partial charge is 0.352 e. The summed E-state index contributed by atoms with van der Waals surface area (Å²) in [4.78, 5) is 23.8. The molecule has 0 fully saturated rings. The number of hydrogen-bond donors (Lipinski definition) is 2. The molecule has 0 aliphatic heterocycles. The topological polar surface area (TPSA) is 58.2 Å². The number of benzene rings is 2. The maximum absolute atomic E-state index is 11.9. The van der Waals surface area contributed by atoms with Gasteiger partial charge < -0.3 is 10.6 Å². The van der Waals surface area contributed by atoms with Gasteiger partial charge in [-0.1, -0.05) is 31.9 Å². The smallest absolute Gasteiger partial charge is 0.251 e. The lowest BCUT2D eigenvalue weighted by molar-refractivity contribution is -0.116. The molecule has 0 aliphatic rings. The van der Waals surface area contributed by atoms with E-state index >= 15 is 0 Å². The first-order valence-electron chi connectivity index (χ1n) is 7.05. The number of anilines is 1. The summed E-state index contributed by atoms with van der Waals surface area (Å²) in [6, 6.07) is 12.7. The third-order valence-electron chi connectivity index (χ3n) is 3.19. The molecule has 0 saturated carbocycles. The van der Waals surface area contributed by atoms with Gasteiger partial charge in [0.1, 0.15) is 0 Å². The summed E-state index contributed by atoms with van der Waals surface area (Å²) in [6.45, 7) is 2.24. The van der Waals surface area contributed by atoms with Gasteiger partial charge in [-0.15, -0.1) is 0 Å². The van der Waals surface area contributed by atoms with Gasteiger partial charge in [-0.2, -0.15) is 0 Å². The normalized spacial score (nSPS) is 10.2. The van der Waals surface area contributed by atoms with Crippen molar-refractivity contribution < 1.29 is 9.59 Å². The molecule has 2 amide bonds. The van der Waals surface area contributed by atoms with Gasteiger partial charge in [-0.25, -0.2) is 0 Å². The van der Waals surface area contributed by atoms with Crippen LogP contribution in [0.25, 0.3) is 0 Å². The quantitative estimate of drug-likeness (QED) is 0.730. The van der Waals surface area contributed by atoms with Crippen LogP contribution in [0.3, 0.4) is 0 Å². The molecule has 0 atom stereocenters. The zero-order valence-corrected chi connectivity index (χ0v) is 15.7. The lowest BCUT2D eigenvalue weighted by Gasteiger charge is -2.08. The molecule has 0 radical (unpaired) electrons. The molecule has 0 bridgehead atoms. The first kappa shape index (κ1) is 17.7. The van der Waals surface area contributed by atoms with Gasteiger partial charge in [0, 0.05) is 33.2 Å². The van der Waals surface area contributed by atoms with Crippen molar-refractivity contribution in [3.05, 3.63) is 62.5 Å². The highest BCUT2D eigenvalue weighted by Crippen LogP contribution is 2.20. The first-order chi connectivity index (χ1) is 11.0. The average molecular weight is 440 g/mol. The molecule has 0 aliphatic carbocycles. The minimum Gasteiger partial charge on any atom is -0.352 e. The molecule has 4 nitrogen and oxygen atoms in total. The summed E-state index contributed by atoms with van der Waals surface area (Å²) >= 11 is 6.74. The molecule has 0 aromatic heterocycles. The monoisotopic (exact) mass is 438 g/mol. The summed E-state index contributed by atoms with van der Waals surface area (Å²) in [5.74, 6) is -0.326. The maximum atomic E-state index is 11.9. The number of carbonyl (C=O) groups excluding carboxylic acids is 2. The number of rotatable bonds is 5. The molecular weight excluding hydrogens is 424 g/mol. The molecular formula is C17H16Br2N2O2. The highest BCUT2D eigenvalue weighted by Gasteiger charge is 2.07.